The van der Waals surface area contributed by atoms with Gasteiger partial charge in [-0.2, -0.15) is 0 Å². The number of pyridine rings is 1. The molecule has 3 rings (SSSR count). The van der Waals surface area contributed by atoms with Crippen molar-refractivity contribution in [1.82, 2.24) is 9.88 Å². The average Bonchev–Trinajstić information content (AvgIpc) is 2.48. The fraction of sp³-hybridized carbons (Fsp3) is 0.333. The average molecular weight is 322 g/mol. The minimum Gasteiger partial charge on any atom is -0.336 e. The summed E-state index contributed by atoms with van der Waals surface area (Å²) in [6.45, 7) is 1.94. The molecule has 5 nitrogen and oxygen atoms in total. The molecule has 1 atom stereocenters. The third kappa shape index (κ3) is 2.68. The topological polar surface area (TPSA) is 67.3 Å². The molecule has 1 unspecified atom stereocenters. The molecule has 1 aliphatic heterocycles. The number of carbonyl (C=O) groups is 1. The van der Waals surface area contributed by atoms with E-state index in [0.717, 1.165) is 0 Å². The van der Waals surface area contributed by atoms with Crippen LogP contribution in [0, 0.1) is 5.82 Å². The van der Waals surface area contributed by atoms with Gasteiger partial charge in [-0.25, -0.2) is 12.8 Å². The standard InChI is InChI=1S/C15H15FN2O3S/c1-10-9-18(4-5-22(10,20)21)15(19)12-6-11-7-13(16)2-3-14(11)17-8-12/h2-3,6-8,10H,4-5,9H2,1H3. The first kappa shape index (κ1) is 14.9. The Hall–Kier alpha value is -2.02. The molecule has 0 bridgehead atoms. The molecule has 0 spiro atoms. The molecular formula is C15H15FN2O3S. The lowest BCUT2D eigenvalue weighted by Crippen LogP contribution is -2.48. The molecule has 1 fully saturated rings. The fourth-order valence-electron chi connectivity index (χ4n) is 2.54. The van der Waals surface area contributed by atoms with Gasteiger partial charge in [0.15, 0.2) is 9.84 Å². The molecular weight excluding hydrogens is 307 g/mol. The van der Waals surface area contributed by atoms with Crippen molar-refractivity contribution in [2.75, 3.05) is 18.8 Å². The van der Waals surface area contributed by atoms with Crippen LogP contribution >= 0.6 is 0 Å². The maximum absolute atomic E-state index is 13.3. The summed E-state index contributed by atoms with van der Waals surface area (Å²) in [6.07, 6.45) is 1.44. The van der Waals surface area contributed by atoms with E-state index in [1.165, 1.54) is 23.2 Å². The zero-order chi connectivity index (χ0) is 15.9. The van der Waals surface area contributed by atoms with Gasteiger partial charge in [0.25, 0.3) is 5.91 Å². The third-order valence-electron chi connectivity index (χ3n) is 3.91. The molecule has 7 heteroatoms. The van der Waals surface area contributed by atoms with Crippen molar-refractivity contribution in [2.24, 2.45) is 0 Å². The van der Waals surface area contributed by atoms with Gasteiger partial charge in [0.2, 0.25) is 0 Å². The number of rotatable bonds is 1. The summed E-state index contributed by atoms with van der Waals surface area (Å²) in [4.78, 5) is 18.1. The van der Waals surface area contributed by atoms with Crippen molar-refractivity contribution in [3.05, 3.63) is 41.8 Å². The Bertz CT molecular complexity index is 851. The number of benzene rings is 1. The lowest BCUT2D eigenvalue weighted by Gasteiger charge is -2.30. The monoisotopic (exact) mass is 322 g/mol. The molecule has 22 heavy (non-hydrogen) atoms. The minimum absolute atomic E-state index is 0.0322. The van der Waals surface area contributed by atoms with Gasteiger partial charge in [0.05, 0.1) is 22.1 Å². The van der Waals surface area contributed by atoms with E-state index in [4.69, 9.17) is 0 Å². The second kappa shape index (κ2) is 5.31. The predicted molar refractivity (Wildman–Crippen MR) is 80.9 cm³/mol. The van der Waals surface area contributed by atoms with E-state index in [9.17, 15) is 17.6 Å². The van der Waals surface area contributed by atoms with Crippen molar-refractivity contribution < 1.29 is 17.6 Å². The number of nitrogens with zero attached hydrogens (tertiary/aromatic N) is 2. The van der Waals surface area contributed by atoms with Gasteiger partial charge in [-0.05, 0) is 31.2 Å². The van der Waals surface area contributed by atoms with E-state index in [-0.39, 0.29) is 24.7 Å². The Morgan fingerprint density at radius 2 is 2.14 bits per heavy atom. The predicted octanol–water partition coefficient (Wildman–Crippen LogP) is 1.63. The highest BCUT2D eigenvalue weighted by molar-refractivity contribution is 7.92. The molecule has 1 aromatic heterocycles. The largest absolute Gasteiger partial charge is 0.336 e. The summed E-state index contributed by atoms with van der Waals surface area (Å²) < 4.78 is 36.7. The molecule has 0 aliphatic carbocycles. The van der Waals surface area contributed by atoms with Crippen LogP contribution in [-0.2, 0) is 9.84 Å². The molecule has 0 saturated carbocycles. The smallest absolute Gasteiger partial charge is 0.255 e. The van der Waals surface area contributed by atoms with Gasteiger partial charge in [0, 0.05) is 24.7 Å². The summed E-state index contributed by atoms with van der Waals surface area (Å²) in [7, 11) is -3.11. The second-order valence-electron chi connectivity index (χ2n) is 5.49. The van der Waals surface area contributed by atoms with Gasteiger partial charge < -0.3 is 4.90 Å². The maximum Gasteiger partial charge on any atom is 0.255 e. The number of fused-ring (bicyclic) bond motifs is 1. The van der Waals surface area contributed by atoms with Crippen molar-refractivity contribution >= 4 is 26.6 Å². The normalized spacial score (nSPS) is 21.0. The van der Waals surface area contributed by atoms with Gasteiger partial charge in [0.1, 0.15) is 5.82 Å². The van der Waals surface area contributed by atoms with Crippen molar-refractivity contribution in [1.29, 1.82) is 0 Å². The van der Waals surface area contributed by atoms with Crippen molar-refractivity contribution in [3.63, 3.8) is 0 Å². The molecule has 1 saturated heterocycles. The summed E-state index contributed by atoms with van der Waals surface area (Å²) in [6, 6.07) is 5.77. The molecule has 2 heterocycles. The first-order valence-electron chi connectivity index (χ1n) is 6.93. The molecule has 1 amide bonds. The number of hydrogen-bond acceptors (Lipinski definition) is 4. The van der Waals surface area contributed by atoms with Crippen LogP contribution in [0.5, 0.6) is 0 Å². The first-order valence-corrected chi connectivity index (χ1v) is 8.64. The summed E-state index contributed by atoms with van der Waals surface area (Å²) in [5, 5.41) is -0.0282. The van der Waals surface area contributed by atoms with Crippen LogP contribution in [0.15, 0.2) is 30.5 Å². The van der Waals surface area contributed by atoms with E-state index in [1.54, 1.807) is 19.1 Å². The molecule has 1 aliphatic rings. The van der Waals surface area contributed by atoms with Crippen LogP contribution in [0.25, 0.3) is 10.9 Å². The summed E-state index contributed by atoms with van der Waals surface area (Å²) >= 11 is 0. The first-order chi connectivity index (χ1) is 10.4. The van der Waals surface area contributed by atoms with Crippen LogP contribution < -0.4 is 0 Å². The molecule has 0 radical (unpaired) electrons. The Morgan fingerprint density at radius 1 is 1.36 bits per heavy atom. The minimum atomic E-state index is -3.11. The Labute approximate surface area is 127 Å². The highest BCUT2D eigenvalue weighted by Crippen LogP contribution is 2.18. The van der Waals surface area contributed by atoms with E-state index in [2.05, 4.69) is 4.98 Å². The number of hydrogen-bond donors (Lipinski definition) is 0. The molecule has 116 valence electrons. The second-order valence-corrected chi connectivity index (χ2v) is 8.03. The number of amides is 1. The summed E-state index contributed by atoms with van der Waals surface area (Å²) in [5.74, 6) is -0.702. The molecule has 2 aromatic rings. The van der Waals surface area contributed by atoms with Crippen LogP contribution in [0.2, 0.25) is 0 Å². The van der Waals surface area contributed by atoms with Crippen molar-refractivity contribution in [2.45, 2.75) is 12.2 Å². The Morgan fingerprint density at radius 3 is 2.86 bits per heavy atom. The summed E-state index contributed by atoms with van der Waals surface area (Å²) in [5.41, 5.74) is 0.942. The van der Waals surface area contributed by atoms with Crippen LogP contribution in [0.4, 0.5) is 4.39 Å². The van der Waals surface area contributed by atoms with Gasteiger partial charge in [-0.1, -0.05) is 0 Å². The van der Waals surface area contributed by atoms with E-state index >= 15 is 0 Å². The number of sulfone groups is 1. The fourth-order valence-corrected chi connectivity index (χ4v) is 3.82. The third-order valence-corrected chi connectivity index (χ3v) is 6.04. The Balaban J connectivity index is 1.89. The Kier molecular flexibility index (Phi) is 3.60. The lowest BCUT2D eigenvalue weighted by molar-refractivity contribution is 0.0760. The van der Waals surface area contributed by atoms with Gasteiger partial charge >= 0.3 is 0 Å². The van der Waals surface area contributed by atoms with Crippen molar-refractivity contribution in [3.8, 4) is 0 Å². The van der Waals surface area contributed by atoms with Crippen LogP contribution in [0.3, 0.4) is 0 Å². The van der Waals surface area contributed by atoms with E-state index < -0.39 is 20.9 Å². The van der Waals surface area contributed by atoms with Gasteiger partial charge in [-0.3, -0.25) is 9.78 Å². The van der Waals surface area contributed by atoms with Gasteiger partial charge in [-0.15, -0.1) is 0 Å². The maximum atomic E-state index is 13.3. The number of carbonyl (C=O) groups excluding carboxylic acids is 1. The zero-order valence-corrected chi connectivity index (χ0v) is 12.8. The van der Waals surface area contributed by atoms with Crippen LogP contribution in [0.1, 0.15) is 17.3 Å². The number of aromatic nitrogens is 1. The molecule has 0 N–H and O–H groups in total. The molecule has 1 aromatic carbocycles. The highest BCUT2D eigenvalue weighted by atomic mass is 32.2. The number of halogens is 1. The highest BCUT2D eigenvalue weighted by Gasteiger charge is 2.32. The zero-order valence-electron chi connectivity index (χ0n) is 12.0. The van der Waals surface area contributed by atoms with E-state index in [1.807, 2.05) is 0 Å². The van der Waals surface area contributed by atoms with E-state index in [0.29, 0.717) is 16.5 Å². The quantitative estimate of drug-likeness (QED) is 0.800. The lowest BCUT2D eigenvalue weighted by atomic mass is 10.1. The van der Waals surface area contributed by atoms with Crippen LogP contribution in [-0.4, -0.2) is 48.3 Å². The SMILES string of the molecule is CC1CN(C(=O)c2cnc3ccc(F)cc3c2)CCS1(=O)=O.